The number of fused-ring (bicyclic) bond motifs is 1. The molecule has 13 nitrogen and oxygen atoms in total. The van der Waals surface area contributed by atoms with Gasteiger partial charge in [0.25, 0.3) is 0 Å². The van der Waals surface area contributed by atoms with Crippen LogP contribution in [0.3, 0.4) is 0 Å². The van der Waals surface area contributed by atoms with Crippen LogP contribution in [0.1, 0.15) is 28.1 Å². The molecule has 0 spiro atoms. The van der Waals surface area contributed by atoms with Crippen LogP contribution >= 0.6 is 0 Å². The molecule has 0 bridgehead atoms. The average Bonchev–Trinajstić information content (AvgIpc) is 3.57. The number of urea groups is 1. The SMILES string of the molecule is COc1ccc(Cc2nc(N)nc(Cc3ccc(OC)cc3)c2-c2nc(N3CCOCC3)nc3c2CCN3C(=O)N2CCN(C)CC2)cc1. The summed E-state index contributed by atoms with van der Waals surface area (Å²) in [7, 11) is 5.40. The summed E-state index contributed by atoms with van der Waals surface area (Å²) in [5.41, 5.74) is 12.5. The first-order chi connectivity index (χ1) is 23.9. The largest absolute Gasteiger partial charge is 0.497 e. The number of anilines is 3. The van der Waals surface area contributed by atoms with Gasteiger partial charge in [-0.25, -0.2) is 19.7 Å². The van der Waals surface area contributed by atoms with Crippen LogP contribution in [-0.4, -0.2) is 116 Å². The van der Waals surface area contributed by atoms with E-state index >= 15 is 0 Å². The molecule has 0 atom stereocenters. The van der Waals surface area contributed by atoms with Crippen molar-refractivity contribution >= 4 is 23.7 Å². The number of carbonyl (C=O) groups excluding carboxylic acids is 1. The zero-order valence-corrected chi connectivity index (χ0v) is 28.4. The highest BCUT2D eigenvalue weighted by atomic mass is 16.5. The molecular weight excluding hydrogens is 622 g/mol. The van der Waals surface area contributed by atoms with E-state index in [2.05, 4.69) is 16.8 Å². The Bertz CT molecular complexity index is 1720. The Labute approximate surface area is 286 Å². The quantitative estimate of drug-likeness (QED) is 0.297. The van der Waals surface area contributed by atoms with Gasteiger partial charge < -0.3 is 34.6 Å². The van der Waals surface area contributed by atoms with E-state index < -0.39 is 0 Å². The molecule has 2 aromatic heterocycles. The number of nitrogens with two attached hydrogens (primary N) is 1. The Morgan fingerprint density at radius 3 is 1.90 bits per heavy atom. The number of piperazine rings is 1. The van der Waals surface area contributed by atoms with Crippen LogP contribution in [0.25, 0.3) is 11.3 Å². The van der Waals surface area contributed by atoms with Crippen LogP contribution < -0.4 is 25.0 Å². The van der Waals surface area contributed by atoms with Crippen LogP contribution in [0.15, 0.2) is 48.5 Å². The number of hydrogen-bond donors (Lipinski definition) is 1. The van der Waals surface area contributed by atoms with E-state index in [1.54, 1.807) is 14.2 Å². The van der Waals surface area contributed by atoms with Gasteiger partial charge in [0.15, 0.2) is 0 Å². The molecule has 2 aromatic carbocycles. The minimum atomic E-state index is -0.0186. The molecular formula is C36H43N9O4. The number of rotatable bonds is 8. The van der Waals surface area contributed by atoms with Gasteiger partial charge in [-0.05, 0) is 48.9 Å². The predicted octanol–water partition coefficient (Wildman–Crippen LogP) is 3.28. The van der Waals surface area contributed by atoms with Crippen molar-refractivity contribution in [2.75, 3.05) is 95.8 Å². The minimum Gasteiger partial charge on any atom is -0.497 e. The smallest absolute Gasteiger partial charge is 0.325 e. The Morgan fingerprint density at radius 1 is 0.776 bits per heavy atom. The second-order valence-corrected chi connectivity index (χ2v) is 12.6. The van der Waals surface area contributed by atoms with Gasteiger partial charge in [-0.15, -0.1) is 0 Å². The molecule has 49 heavy (non-hydrogen) atoms. The van der Waals surface area contributed by atoms with E-state index in [0.29, 0.717) is 77.0 Å². The highest BCUT2D eigenvalue weighted by Crippen LogP contribution is 2.40. The summed E-state index contributed by atoms with van der Waals surface area (Å²) in [6.45, 7) is 6.02. The third kappa shape index (κ3) is 6.94. The van der Waals surface area contributed by atoms with Gasteiger partial charge in [0, 0.05) is 69.8 Å². The van der Waals surface area contributed by atoms with E-state index in [-0.39, 0.29) is 12.0 Å². The van der Waals surface area contributed by atoms with Gasteiger partial charge in [0.1, 0.15) is 17.3 Å². The van der Waals surface area contributed by atoms with Gasteiger partial charge in [-0.2, -0.15) is 4.98 Å². The molecule has 2 amide bonds. The van der Waals surface area contributed by atoms with E-state index in [1.807, 2.05) is 58.3 Å². The summed E-state index contributed by atoms with van der Waals surface area (Å²) in [6.07, 6.45) is 1.61. The molecule has 2 fully saturated rings. The van der Waals surface area contributed by atoms with Crippen LogP contribution in [-0.2, 0) is 24.0 Å². The number of methoxy groups -OCH3 is 2. The third-order valence-corrected chi connectivity index (χ3v) is 9.49. The summed E-state index contributed by atoms with van der Waals surface area (Å²) >= 11 is 0. The van der Waals surface area contributed by atoms with Gasteiger partial charge in [-0.3, -0.25) is 4.90 Å². The van der Waals surface area contributed by atoms with Gasteiger partial charge in [-0.1, -0.05) is 24.3 Å². The van der Waals surface area contributed by atoms with Crippen molar-refractivity contribution in [3.05, 3.63) is 76.6 Å². The lowest BCUT2D eigenvalue weighted by Crippen LogP contribution is -2.51. The first-order valence-electron chi connectivity index (χ1n) is 16.8. The van der Waals surface area contributed by atoms with E-state index in [4.69, 9.17) is 39.9 Å². The van der Waals surface area contributed by atoms with Crippen LogP contribution in [0.4, 0.5) is 22.5 Å². The first-order valence-corrected chi connectivity index (χ1v) is 16.8. The van der Waals surface area contributed by atoms with Crippen molar-refractivity contribution in [3.63, 3.8) is 0 Å². The molecule has 2 saturated heterocycles. The minimum absolute atomic E-state index is 0.0186. The third-order valence-electron chi connectivity index (χ3n) is 9.49. The molecule has 3 aliphatic rings. The van der Waals surface area contributed by atoms with Gasteiger partial charge >= 0.3 is 6.03 Å². The van der Waals surface area contributed by atoms with Crippen LogP contribution in [0.2, 0.25) is 0 Å². The lowest BCUT2D eigenvalue weighted by molar-refractivity contribution is 0.122. The molecule has 256 valence electrons. The maximum atomic E-state index is 14.0. The Morgan fingerprint density at radius 2 is 1.35 bits per heavy atom. The Hall–Kier alpha value is -5.01. The maximum Gasteiger partial charge on any atom is 0.325 e. The average molecular weight is 666 g/mol. The van der Waals surface area contributed by atoms with Crippen LogP contribution in [0.5, 0.6) is 11.5 Å². The van der Waals surface area contributed by atoms with E-state index in [1.165, 1.54) is 0 Å². The second-order valence-electron chi connectivity index (χ2n) is 12.6. The van der Waals surface area contributed by atoms with Crippen molar-refractivity contribution in [3.8, 4) is 22.8 Å². The summed E-state index contributed by atoms with van der Waals surface area (Å²) in [5, 5.41) is 0. The fraction of sp³-hybridized carbons (Fsp3) is 0.417. The normalized spacial score (nSPS) is 16.5. The van der Waals surface area contributed by atoms with Crippen LogP contribution in [0, 0.1) is 0 Å². The van der Waals surface area contributed by atoms with Crippen molar-refractivity contribution in [2.24, 2.45) is 0 Å². The zero-order chi connectivity index (χ0) is 33.9. The van der Waals surface area contributed by atoms with Gasteiger partial charge in [0.05, 0.1) is 44.5 Å². The Kier molecular flexibility index (Phi) is 9.45. The van der Waals surface area contributed by atoms with Gasteiger partial charge in [0.2, 0.25) is 11.9 Å². The van der Waals surface area contributed by atoms with Crippen molar-refractivity contribution < 1.29 is 19.0 Å². The number of aromatic nitrogens is 4. The molecule has 3 aliphatic heterocycles. The molecule has 4 aromatic rings. The lowest BCUT2D eigenvalue weighted by Gasteiger charge is -2.35. The molecule has 0 saturated carbocycles. The standard InChI is InChI=1S/C36H43N9O4/c1-42-14-16-44(17-15-42)36(46)45-13-12-28-32(40-35(41-33(28)45)43-18-20-49-21-19-43)31-29(22-24-4-8-26(47-2)9-5-24)38-34(37)39-30(31)23-25-6-10-27(48-3)11-7-25/h4-11H,12-23H2,1-3H3,(H2,37,38,39). The molecule has 0 aliphatic carbocycles. The van der Waals surface area contributed by atoms with E-state index in [9.17, 15) is 4.79 Å². The number of hydrogen-bond acceptors (Lipinski definition) is 11. The summed E-state index contributed by atoms with van der Waals surface area (Å²) in [5.74, 6) is 2.97. The number of ether oxygens (including phenoxy) is 3. The van der Waals surface area contributed by atoms with Crippen molar-refractivity contribution in [1.29, 1.82) is 0 Å². The highest BCUT2D eigenvalue weighted by molar-refractivity contribution is 5.95. The zero-order valence-electron chi connectivity index (χ0n) is 28.4. The summed E-state index contributed by atoms with van der Waals surface area (Å²) in [6, 6.07) is 15.9. The number of morpholine rings is 1. The van der Waals surface area contributed by atoms with Crippen molar-refractivity contribution in [2.45, 2.75) is 19.3 Å². The van der Waals surface area contributed by atoms with Crippen molar-refractivity contribution in [1.82, 2.24) is 29.7 Å². The topological polar surface area (TPSA) is 135 Å². The number of nitrogens with zero attached hydrogens (tertiary/aromatic N) is 8. The fourth-order valence-corrected chi connectivity index (χ4v) is 6.69. The predicted molar refractivity (Wildman–Crippen MR) is 188 cm³/mol. The first kappa shape index (κ1) is 32.5. The summed E-state index contributed by atoms with van der Waals surface area (Å²) in [4.78, 5) is 42.3. The second kappa shape index (κ2) is 14.2. The number of carbonyl (C=O) groups is 1. The number of nitrogen functional groups attached to an aromatic ring is 1. The monoisotopic (exact) mass is 665 g/mol. The molecule has 5 heterocycles. The Balaban J connectivity index is 1.38. The molecule has 0 radical (unpaired) electrons. The molecule has 7 rings (SSSR count). The molecule has 2 N–H and O–H groups in total. The number of benzene rings is 2. The molecule has 13 heteroatoms. The van der Waals surface area contributed by atoms with E-state index in [0.717, 1.165) is 63.9 Å². The number of amides is 2. The number of likely N-dealkylation sites (N-methyl/N-ethyl adjacent to an activating group) is 1. The highest BCUT2D eigenvalue weighted by Gasteiger charge is 2.36. The summed E-state index contributed by atoms with van der Waals surface area (Å²) < 4.78 is 16.5. The molecule has 0 unspecified atom stereocenters. The fourth-order valence-electron chi connectivity index (χ4n) is 6.69. The maximum absolute atomic E-state index is 14.0. The lowest BCUT2D eigenvalue weighted by atomic mass is 9.95.